The molecule has 0 aliphatic rings. The summed E-state index contributed by atoms with van der Waals surface area (Å²) in [5.41, 5.74) is 9.92. The van der Waals surface area contributed by atoms with Crippen molar-refractivity contribution in [1.29, 1.82) is 5.41 Å². The summed E-state index contributed by atoms with van der Waals surface area (Å²) < 4.78 is 0.708. The van der Waals surface area contributed by atoms with Gasteiger partial charge >= 0.3 is 0 Å². The largest absolute Gasteiger partial charge is 0.512 e. The standard InChI is InChI=1S/C11H14IN3O2/c1-5(13)10(6(2)16)7-3-8(12)11(15-17)9(14)4-7/h3-4,13,15-17H,14H2,1-2H3/b10-6+,13-5?. The molecule has 0 aliphatic heterocycles. The maximum absolute atomic E-state index is 9.57. The van der Waals surface area contributed by atoms with Crippen LogP contribution in [0.15, 0.2) is 17.9 Å². The average molecular weight is 347 g/mol. The van der Waals surface area contributed by atoms with Crippen molar-refractivity contribution in [3.63, 3.8) is 0 Å². The number of nitrogens with two attached hydrogens (primary N) is 1. The highest BCUT2D eigenvalue weighted by Gasteiger charge is 2.13. The highest BCUT2D eigenvalue weighted by atomic mass is 127. The van der Waals surface area contributed by atoms with Gasteiger partial charge in [0.05, 0.1) is 17.1 Å². The number of halogens is 1. The fraction of sp³-hybridized carbons (Fsp3) is 0.182. The van der Waals surface area contributed by atoms with Crippen molar-refractivity contribution in [2.45, 2.75) is 13.8 Å². The predicted octanol–water partition coefficient (Wildman–Crippen LogP) is 3.00. The number of nitrogens with one attached hydrogen (secondary N) is 2. The number of aliphatic hydroxyl groups is 1. The third kappa shape index (κ3) is 2.89. The van der Waals surface area contributed by atoms with E-state index in [4.69, 9.17) is 16.4 Å². The molecule has 0 bridgehead atoms. The summed E-state index contributed by atoms with van der Waals surface area (Å²) in [6.45, 7) is 3.12. The van der Waals surface area contributed by atoms with Crippen LogP contribution >= 0.6 is 22.6 Å². The first-order chi connectivity index (χ1) is 7.88. The van der Waals surface area contributed by atoms with E-state index in [1.54, 1.807) is 19.1 Å². The Balaban J connectivity index is 3.44. The monoisotopic (exact) mass is 347 g/mol. The molecule has 1 aromatic carbocycles. The quantitative estimate of drug-likeness (QED) is 0.191. The molecule has 1 rings (SSSR count). The van der Waals surface area contributed by atoms with Crippen LogP contribution in [0.2, 0.25) is 0 Å². The predicted molar refractivity (Wildman–Crippen MR) is 77.6 cm³/mol. The van der Waals surface area contributed by atoms with E-state index in [2.05, 4.69) is 0 Å². The maximum Gasteiger partial charge on any atom is 0.0987 e. The van der Waals surface area contributed by atoms with E-state index in [0.29, 0.717) is 26.1 Å². The molecule has 0 spiro atoms. The first kappa shape index (κ1) is 13.8. The summed E-state index contributed by atoms with van der Waals surface area (Å²) in [5.74, 6) is 0.0670. The third-order valence-electron chi connectivity index (χ3n) is 2.26. The lowest BCUT2D eigenvalue weighted by atomic mass is 10.00. The molecular weight excluding hydrogens is 333 g/mol. The second-order valence-corrected chi connectivity index (χ2v) is 4.78. The van der Waals surface area contributed by atoms with E-state index >= 15 is 0 Å². The summed E-state index contributed by atoms with van der Waals surface area (Å²) in [6, 6.07) is 3.34. The molecule has 6 N–H and O–H groups in total. The number of rotatable bonds is 3. The summed E-state index contributed by atoms with van der Waals surface area (Å²) in [7, 11) is 0. The molecule has 0 radical (unpaired) electrons. The normalized spacial score (nSPS) is 12.0. The van der Waals surface area contributed by atoms with Crippen molar-refractivity contribution in [2.24, 2.45) is 0 Å². The SMILES string of the molecule is CC(=N)/C(=C(/C)O)c1cc(N)c(NO)c(I)c1. The van der Waals surface area contributed by atoms with Crippen LogP contribution in [-0.2, 0) is 0 Å². The molecule has 92 valence electrons. The summed E-state index contributed by atoms with van der Waals surface area (Å²) in [4.78, 5) is 0. The first-order valence-electron chi connectivity index (χ1n) is 4.83. The van der Waals surface area contributed by atoms with Gasteiger partial charge in [-0.3, -0.25) is 10.7 Å². The van der Waals surface area contributed by atoms with Gasteiger partial charge in [-0.05, 0) is 54.1 Å². The van der Waals surface area contributed by atoms with Crippen molar-refractivity contribution < 1.29 is 10.3 Å². The van der Waals surface area contributed by atoms with Gasteiger partial charge in [0.15, 0.2) is 0 Å². The van der Waals surface area contributed by atoms with Crippen molar-refractivity contribution >= 4 is 45.3 Å². The zero-order valence-corrected chi connectivity index (χ0v) is 11.7. The fourth-order valence-electron chi connectivity index (χ4n) is 1.59. The number of benzene rings is 1. The topological polar surface area (TPSA) is 102 Å². The molecule has 6 heteroatoms. The van der Waals surface area contributed by atoms with Gasteiger partial charge in [-0.1, -0.05) is 0 Å². The third-order valence-corrected chi connectivity index (χ3v) is 3.11. The van der Waals surface area contributed by atoms with Crippen LogP contribution in [0.1, 0.15) is 19.4 Å². The van der Waals surface area contributed by atoms with E-state index in [1.165, 1.54) is 6.92 Å². The summed E-state index contributed by atoms with van der Waals surface area (Å²) >= 11 is 2.01. The van der Waals surface area contributed by atoms with Crippen molar-refractivity contribution in [2.75, 3.05) is 11.2 Å². The average Bonchev–Trinajstić information content (AvgIpc) is 2.15. The van der Waals surface area contributed by atoms with Crippen LogP contribution in [0.25, 0.3) is 5.57 Å². The molecule has 0 atom stereocenters. The van der Waals surface area contributed by atoms with Crippen LogP contribution < -0.4 is 11.2 Å². The number of hydrogen-bond donors (Lipinski definition) is 5. The number of nitrogen functional groups attached to an aromatic ring is 1. The molecule has 5 nitrogen and oxygen atoms in total. The Kier molecular flexibility index (Phi) is 4.35. The van der Waals surface area contributed by atoms with E-state index in [9.17, 15) is 5.11 Å². The van der Waals surface area contributed by atoms with Crippen LogP contribution in [0, 0.1) is 8.98 Å². The highest BCUT2D eigenvalue weighted by Crippen LogP contribution is 2.30. The maximum atomic E-state index is 9.57. The second kappa shape index (κ2) is 5.37. The van der Waals surface area contributed by atoms with E-state index in [0.717, 1.165) is 0 Å². The smallest absolute Gasteiger partial charge is 0.0987 e. The van der Waals surface area contributed by atoms with Crippen LogP contribution in [0.3, 0.4) is 0 Å². The fourth-order valence-corrected chi connectivity index (χ4v) is 2.35. The summed E-state index contributed by atoms with van der Waals surface area (Å²) in [5, 5.41) is 26.1. The minimum atomic E-state index is 0.0670. The Morgan fingerprint density at radius 1 is 1.41 bits per heavy atom. The lowest BCUT2D eigenvalue weighted by molar-refractivity contribution is 0.389. The molecular formula is C11H14IN3O2. The van der Waals surface area contributed by atoms with Gasteiger partial charge in [0, 0.05) is 14.9 Å². The lowest BCUT2D eigenvalue weighted by Gasteiger charge is -2.12. The lowest BCUT2D eigenvalue weighted by Crippen LogP contribution is -2.04. The number of anilines is 2. The Bertz CT molecular complexity index is 470. The molecule has 17 heavy (non-hydrogen) atoms. The van der Waals surface area contributed by atoms with Gasteiger partial charge in [-0.25, -0.2) is 0 Å². The van der Waals surface area contributed by atoms with Crippen molar-refractivity contribution in [1.82, 2.24) is 0 Å². The van der Waals surface area contributed by atoms with Crippen LogP contribution in [0.5, 0.6) is 0 Å². The van der Waals surface area contributed by atoms with Gasteiger partial charge < -0.3 is 16.2 Å². The van der Waals surface area contributed by atoms with E-state index in [1.807, 2.05) is 28.1 Å². The van der Waals surface area contributed by atoms with Gasteiger partial charge in [-0.2, -0.15) is 0 Å². The van der Waals surface area contributed by atoms with Crippen LogP contribution in [0.4, 0.5) is 11.4 Å². The molecule has 0 saturated carbocycles. The molecule has 0 unspecified atom stereocenters. The Hall–Kier alpha value is -1.28. The van der Waals surface area contributed by atoms with Gasteiger partial charge in [0.25, 0.3) is 0 Å². The number of hydrogen-bond acceptors (Lipinski definition) is 5. The Morgan fingerprint density at radius 3 is 2.35 bits per heavy atom. The molecule has 1 aromatic rings. The van der Waals surface area contributed by atoms with Gasteiger partial charge in [-0.15, -0.1) is 0 Å². The first-order valence-corrected chi connectivity index (χ1v) is 5.91. The minimum absolute atomic E-state index is 0.0670. The summed E-state index contributed by atoms with van der Waals surface area (Å²) in [6.07, 6.45) is 0. The highest BCUT2D eigenvalue weighted by molar-refractivity contribution is 14.1. The zero-order valence-electron chi connectivity index (χ0n) is 9.50. The van der Waals surface area contributed by atoms with Gasteiger partial charge in [0.2, 0.25) is 0 Å². The second-order valence-electron chi connectivity index (χ2n) is 3.62. The van der Waals surface area contributed by atoms with Crippen molar-refractivity contribution in [3.05, 3.63) is 27.0 Å². The molecule has 0 heterocycles. The van der Waals surface area contributed by atoms with E-state index in [-0.39, 0.29) is 11.5 Å². The number of allylic oxidation sites excluding steroid dienone is 2. The molecule has 0 aliphatic carbocycles. The van der Waals surface area contributed by atoms with Gasteiger partial charge in [0.1, 0.15) is 0 Å². The van der Waals surface area contributed by atoms with Crippen LogP contribution in [-0.4, -0.2) is 16.0 Å². The van der Waals surface area contributed by atoms with E-state index < -0.39 is 0 Å². The Labute approximate surface area is 113 Å². The minimum Gasteiger partial charge on any atom is -0.512 e. The van der Waals surface area contributed by atoms with Crippen molar-refractivity contribution in [3.8, 4) is 0 Å². The zero-order chi connectivity index (χ0) is 13.2. The molecule has 0 amide bonds. The Morgan fingerprint density at radius 2 is 2.00 bits per heavy atom. The molecule has 0 fully saturated rings. The number of aliphatic hydroxyl groups excluding tert-OH is 1. The molecule has 0 aromatic heterocycles. The molecule has 0 saturated heterocycles.